The highest BCUT2D eigenvalue weighted by atomic mass is 15.3. The van der Waals surface area contributed by atoms with Crippen LogP contribution in [-0.2, 0) is 13.1 Å². The van der Waals surface area contributed by atoms with Gasteiger partial charge in [0.2, 0.25) is 0 Å². The molecule has 0 fully saturated rings. The Kier molecular flexibility index (Phi) is 4.15. The Labute approximate surface area is 109 Å². The minimum atomic E-state index is 0.352. The molecule has 0 saturated carbocycles. The Hall–Kier alpha value is -1.61. The maximum Gasteiger partial charge on any atom is 0.0522 e. The molecule has 3 heteroatoms. The SMILES string of the molecule is CCn1nccc1CN[C@@H](C)c1cccc(C)c1. The summed E-state index contributed by atoms with van der Waals surface area (Å²) in [6.07, 6.45) is 1.86. The molecule has 0 aliphatic carbocycles. The molecule has 1 atom stereocenters. The van der Waals surface area contributed by atoms with Gasteiger partial charge in [0.25, 0.3) is 0 Å². The molecule has 0 bridgehead atoms. The van der Waals surface area contributed by atoms with Gasteiger partial charge in [0.1, 0.15) is 0 Å². The van der Waals surface area contributed by atoms with Gasteiger partial charge in [0.15, 0.2) is 0 Å². The number of hydrogen-bond acceptors (Lipinski definition) is 2. The number of hydrogen-bond donors (Lipinski definition) is 1. The van der Waals surface area contributed by atoms with Crippen LogP contribution < -0.4 is 5.32 Å². The van der Waals surface area contributed by atoms with E-state index >= 15 is 0 Å². The molecule has 0 radical (unpaired) electrons. The first-order chi connectivity index (χ1) is 8.70. The van der Waals surface area contributed by atoms with Crippen LogP contribution in [0.15, 0.2) is 36.5 Å². The average molecular weight is 243 g/mol. The molecule has 0 aliphatic rings. The number of benzene rings is 1. The van der Waals surface area contributed by atoms with Crippen LogP contribution >= 0.6 is 0 Å². The summed E-state index contributed by atoms with van der Waals surface area (Å²) in [4.78, 5) is 0. The lowest BCUT2D eigenvalue weighted by Gasteiger charge is -2.15. The molecule has 1 heterocycles. The van der Waals surface area contributed by atoms with Crippen molar-refractivity contribution < 1.29 is 0 Å². The van der Waals surface area contributed by atoms with E-state index in [1.165, 1.54) is 16.8 Å². The lowest BCUT2D eigenvalue weighted by Crippen LogP contribution is -2.20. The van der Waals surface area contributed by atoms with Gasteiger partial charge in [-0.2, -0.15) is 5.10 Å². The van der Waals surface area contributed by atoms with E-state index in [-0.39, 0.29) is 0 Å². The second kappa shape index (κ2) is 5.83. The molecule has 0 saturated heterocycles. The fourth-order valence-electron chi connectivity index (χ4n) is 2.11. The van der Waals surface area contributed by atoms with Gasteiger partial charge >= 0.3 is 0 Å². The van der Waals surface area contributed by atoms with Crippen molar-refractivity contribution in [3.05, 3.63) is 53.3 Å². The van der Waals surface area contributed by atoms with Crippen LogP contribution in [0.2, 0.25) is 0 Å². The van der Waals surface area contributed by atoms with E-state index in [2.05, 4.69) is 61.5 Å². The van der Waals surface area contributed by atoms with Gasteiger partial charge in [-0.15, -0.1) is 0 Å². The van der Waals surface area contributed by atoms with Crippen LogP contribution in [0, 0.1) is 6.92 Å². The smallest absolute Gasteiger partial charge is 0.0522 e. The van der Waals surface area contributed by atoms with Crippen LogP contribution in [-0.4, -0.2) is 9.78 Å². The first-order valence-corrected chi connectivity index (χ1v) is 6.51. The lowest BCUT2D eigenvalue weighted by molar-refractivity contribution is 0.531. The van der Waals surface area contributed by atoms with E-state index in [0.717, 1.165) is 13.1 Å². The molecule has 0 spiro atoms. The third-order valence-electron chi connectivity index (χ3n) is 3.24. The van der Waals surface area contributed by atoms with Crippen molar-refractivity contribution >= 4 is 0 Å². The second-order valence-corrected chi connectivity index (χ2v) is 4.66. The number of rotatable bonds is 5. The molecule has 2 aromatic rings. The molecule has 2 rings (SSSR count). The second-order valence-electron chi connectivity index (χ2n) is 4.66. The maximum absolute atomic E-state index is 4.28. The van der Waals surface area contributed by atoms with Gasteiger partial charge < -0.3 is 5.32 Å². The number of nitrogens with one attached hydrogen (secondary N) is 1. The predicted octanol–water partition coefficient (Wildman–Crippen LogP) is 3.06. The molecular formula is C15H21N3. The summed E-state index contributed by atoms with van der Waals surface area (Å²) in [7, 11) is 0. The number of aryl methyl sites for hydroxylation is 2. The normalized spacial score (nSPS) is 12.6. The summed E-state index contributed by atoms with van der Waals surface area (Å²) in [5.74, 6) is 0. The van der Waals surface area contributed by atoms with E-state index in [9.17, 15) is 0 Å². The first kappa shape index (κ1) is 12.8. The quantitative estimate of drug-likeness (QED) is 0.874. The Morgan fingerprint density at radius 1 is 1.33 bits per heavy atom. The molecule has 1 aromatic heterocycles. The Morgan fingerprint density at radius 2 is 2.17 bits per heavy atom. The van der Waals surface area contributed by atoms with Crippen molar-refractivity contribution in [1.29, 1.82) is 0 Å². The van der Waals surface area contributed by atoms with Gasteiger partial charge in [-0.3, -0.25) is 4.68 Å². The highest BCUT2D eigenvalue weighted by Gasteiger charge is 2.06. The van der Waals surface area contributed by atoms with Crippen molar-refractivity contribution in [1.82, 2.24) is 15.1 Å². The Morgan fingerprint density at radius 3 is 2.89 bits per heavy atom. The van der Waals surface area contributed by atoms with Gasteiger partial charge in [-0.25, -0.2) is 0 Å². The molecule has 96 valence electrons. The van der Waals surface area contributed by atoms with Crippen LogP contribution in [0.1, 0.15) is 36.7 Å². The van der Waals surface area contributed by atoms with Crippen LogP contribution in [0.3, 0.4) is 0 Å². The summed E-state index contributed by atoms with van der Waals surface area (Å²) < 4.78 is 2.02. The van der Waals surface area contributed by atoms with E-state index in [1.54, 1.807) is 0 Å². The third-order valence-corrected chi connectivity index (χ3v) is 3.24. The summed E-state index contributed by atoms with van der Waals surface area (Å²) in [6.45, 7) is 8.20. The molecule has 0 aliphatic heterocycles. The van der Waals surface area contributed by atoms with Crippen molar-refractivity contribution in [2.75, 3.05) is 0 Å². The van der Waals surface area contributed by atoms with Crippen molar-refractivity contribution in [2.45, 2.75) is 39.9 Å². The highest BCUT2D eigenvalue weighted by Crippen LogP contribution is 2.14. The van der Waals surface area contributed by atoms with Crippen LogP contribution in [0.4, 0.5) is 0 Å². The van der Waals surface area contributed by atoms with Gasteiger partial charge in [-0.05, 0) is 32.4 Å². The van der Waals surface area contributed by atoms with Gasteiger partial charge in [0.05, 0.1) is 5.69 Å². The zero-order valence-corrected chi connectivity index (χ0v) is 11.4. The number of aromatic nitrogens is 2. The molecule has 0 unspecified atom stereocenters. The highest BCUT2D eigenvalue weighted by molar-refractivity contribution is 5.24. The van der Waals surface area contributed by atoms with Crippen molar-refractivity contribution in [3.8, 4) is 0 Å². The molecular weight excluding hydrogens is 222 g/mol. The molecule has 0 amide bonds. The van der Waals surface area contributed by atoms with Gasteiger partial charge in [0, 0.05) is 25.3 Å². The third kappa shape index (κ3) is 2.99. The van der Waals surface area contributed by atoms with Crippen LogP contribution in [0.5, 0.6) is 0 Å². The fourth-order valence-corrected chi connectivity index (χ4v) is 2.11. The minimum Gasteiger partial charge on any atom is -0.305 e. The Balaban J connectivity index is 1.98. The van der Waals surface area contributed by atoms with Crippen molar-refractivity contribution in [2.24, 2.45) is 0 Å². The summed E-state index contributed by atoms with van der Waals surface area (Å²) >= 11 is 0. The zero-order chi connectivity index (χ0) is 13.0. The maximum atomic E-state index is 4.28. The average Bonchev–Trinajstić information content (AvgIpc) is 2.83. The monoisotopic (exact) mass is 243 g/mol. The fraction of sp³-hybridized carbons (Fsp3) is 0.400. The van der Waals surface area contributed by atoms with Gasteiger partial charge in [-0.1, -0.05) is 29.8 Å². The largest absolute Gasteiger partial charge is 0.305 e. The summed E-state index contributed by atoms with van der Waals surface area (Å²) in [5.41, 5.74) is 3.87. The molecule has 18 heavy (non-hydrogen) atoms. The summed E-state index contributed by atoms with van der Waals surface area (Å²) in [5, 5.41) is 7.82. The number of nitrogens with zero attached hydrogens (tertiary/aromatic N) is 2. The van der Waals surface area contributed by atoms with E-state index in [0.29, 0.717) is 6.04 Å². The minimum absolute atomic E-state index is 0.352. The standard InChI is InChI=1S/C15H21N3/c1-4-18-15(8-9-17-18)11-16-13(3)14-7-5-6-12(2)10-14/h5-10,13,16H,4,11H2,1-3H3/t13-/m0/s1. The summed E-state index contributed by atoms with van der Waals surface area (Å²) in [6, 6.07) is 11.1. The predicted molar refractivity (Wildman–Crippen MR) is 74.3 cm³/mol. The van der Waals surface area contributed by atoms with Crippen LogP contribution in [0.25, 0.3) is 0 Å². The zero-order valence-electron chi connectivity index (χ0n) is 11.4. The van der Waals surface area contributed by atoms with E-state index < -0.39 is 0 Å². The van der Waals surface area contributed by atoms with E-state index in [4.69, 9.17) is 0 Å². The molecule has 1 aromatic carbocycles. The lowest BCUT2D eigenvalue weighted by atomic mass is 10.1. The van der Waals surface area contributed by atoms with E-state index in [1.807, 2.05) is 10.9 Å². The molecule has 3 nitrogen and oxygen atoms in total. The Bertz CT molecular complexity index is 502. The molecule has 1 N–H and O–H groups in total. The topological polar surface area (TPSA) is 29.9 Å². The first-order valence-electron chi connectivity index (χ1n) is 6.51. The van der Waals surface area contributed by atoms with Crippen molar-refractivity contribution in [3.63, 3.8) is 0 Å².